The molecule has 0 radical (unpaired) electrons. The van der Waals surface area contributed by atoms with Crippen molar-refractivity contribution in [3.05, 3.63) is 69.6 Å². The molecule has 0 aliphatic rings. The smallest absolute Gasteiger partial charge is 0.169 e. The summed E-state index contributed by atoms with van der Waals surface area (Å²) in [5.41, 5.74) is 3.07. The van der Waals surface area contributed by atoms with Crippen molar-refractivity contribution in [3.63, 3.8) is 0 Å². The summed E-state index contributed by atoms with van der Waals surface area (Å²) in [6, 6.07) is 13.5. The van der Waals surface area contributed by atoms with Crippen LogP contribution in [0.5, 0.6) is 0 Å². The molecule has 98 valence electrons. The van der Waals surface area contributed by atoms with Crippen LogP contribution in [0.4, 0.5) is 0 Å². The van der Waals surface area contributed by atoms with Crippen LogP contribution in [0.25, 0.3) is 11.0 Å². The third kappa shape index (κ3) is 2.70. The number of carbonyl (C=O) groups is 1. The largest absolute Gasteiger partial charge is 0.294 e. The summed E-state index contributed by atoms with van der Waals surface area (Å²) in [5.74, 6) is 0.0670. The first-order chi connectivity index (χ1) is 9.74. The molecule has 3 aromatic rings. The van der Waals surface area contributed by atoms with Gasteiger partial charge in [-0.3, -0.25) is 14.8 Å². The molecule has 0 bridgehead atoms. The number of Topliss-reactive ketones (excluding diaryl/α,β-unsaturated/α-hetero) is 1. The predicted molar refractivity (Wildman–Crippen MR) is 86.7 cm³/mol. The van der Waals surface area contributed by atoms with Gasteiger partial charge in [-0.1, -0.05) is 18.2 Å². The van der Waals surface area contributed by atoms with Crippen LogP contribution in [0.3, 0.4) is 0 Å². The Kier molecular flexibility index (Phi) is 3.73. The van der Waals surface area contributed by atoms with E-state index in [1.165, 1.54) is 0 Å². The van der Waals surface area contributed by atoms with Gasteiger partial charge in [-0.25, -0.2) is 0 Å². The summed E-state index contributed by atoms with van der Waals surface area (Å²) in [5, 5.41) is 0. The minimum absolute atomic E-state index is 0.0670. The number of ketones is 1. The average molecular weight is 374 g/mol. The molecule has 0 unspecified atom stereocenters. The molecule has 20 heavy (non-hydrogen) atoms. The molecule has 0 saturated heterocycles. The molecule has 0 saturated carbocycles. The van der Waals surface area contributed by atoms with Gasteiger partial charge in [0.25, 0.3) is 0 Å². The fourth-order valence-electron chi connectivity index (χ4n) is 2.10. The zero-order valence-corrected chi connectivity index (χ0v) is 12.7. The van der Waals surface area contributed by atoms with Gasteiger partial charge < -0.3 is 0 Å². The van der Waals surface area contributed by atoms with E-state index in [1.54, 1.807) is 12.4 Å². The number of hydrogen-bond donors (Lipinski definition) is 0. The fraction of sp³-hybridized carbons (Fsp3) is 0.0625. The molecule has 1 aromatic heterocycles. The molecule has 0 spiro atoms. The number of rotatable bonds is 3. The predicted octanol–water partition coefficient (Wildman–Crippen LogP) is 3.66. The summed E-state index contributed by atoms with van der Waals surface area (Å²) < 4.78 is 1.16. The number of nitrogens with zero attached hydrogens (tertiary/aromatic N) is 2. The Hall–Kier alpha value is -1.82. The van der Waals surface area contributed by atoms with E-state index in [2.05, 4.69) is 32.6 Å². The normalized spacial score (nSPS) is 10.7. The maximum Gasteiger partial charge on any atom is 0.169 e. The van der Waals surface area contributed by atoms with Crippen molar-refractivity contribution in [2.45, 2.75) is 6.42 Å². The van der Waals surface area contributed by atoms with E-state index in [1.807, 2.05) is 42.5 Å². The molecule has 0 amide bonds. The van der Waals surface area contributed by atoms with Crippen molar-refractivity contribution < 1.29 is 4.79 Å². The molecule has 1 heterocycles. The van der Waals surface area contributed by atoms with Crippen LogP contribution in [0.1, 0.15) is 15.9 Å². The highest BCUT2D eigenvalue weighted by atomic mass is 127. The topological polar surface area (TPSA) is 42.9 Å². The highest BCUT2D eigenvalue weighted by Crippen LogP contribution is 2.17. The molecule has 0 aliphatic carbocycles. The second-order valence-corrected chi connectivity index (χ2v) is 5.70. The van der Waals surface area contributed by atoms with E-state index in [9.17, 15) is 4.79 Å². The number of carbonyl (C=O) groups excluding carboxylic acids is 1. The molecule has 2 aromatic carbocycles. The van der Waals surface area contributed by atoms with Gasteiger partial charge in [0.15, 0.2) is 5.78 Å². The zero-order chi connectivity index (χ0) is 13.9. The molecule has 0 fully saturated rings. The summed E-state index contributed by atoms with van der Waals surface area (Å²) in [6.07, 6.45) is 3.63. The van der Waals surface area contributed by atoms with Crippen LogP contribution in [0.15, 0.2) is 54.9 Å². The Bertz CT molecular complexity index is 764. The highest BCUT2D eigenvalue weighted by molar-refractivity contribution is 14.1. The maximum absolute atomic E-state index is 12.4. The molecular weight excluding hydrogens is 363 g/mol. The fourth-order valence-corrected chi connectivity index (χ4v) is 2.46. The summed E-state index contributed by atoms with van der Waals surface area (Å²) in [7, 11) is 0. The van der Waals surface area contributed by atoms with E-state index in [0.29, 0.717) is 17.5 Å². The van der Waals surface area contributed by atoms with Crippen LogP contribution in [0.2, 0.25) is 0 Å². The van der Waals surface area contributed by atoms with E-state index in [0.717, 1.165) is 14.7 Å². The van der Waals surface area contributed by atoms with E-state index < -0.39 is 0 Å². The van der Waals surface area contributed by atoms with Gasteiger partial charge in [0.2, 0.25) is 0 Å². The second-order valence-electron chi connectivity index (χ2n) is 4.46. The molecule has 0 N–H and O–H groups in total. The Balaban J connectivity index is 1.94. The lowest BCUT2D eigenvalue weighted by Gasteiger charge is -2.04. The van der Waals surface area contributed by atoms with Gasteiger partial charge in [-0.2, -0.15) is 0 Å². The van der Waals surface area contributed by atoms with Gasteiger partial charge in [-0.05, 0) is 52.4 Å². The van der Waals surface area contributed by atoms with E-state index in [-0.39, 0.29) is 5.78 Å². The first-order valence-electron chi connectivity index (χ1n) is 6.21. The van der Waals surface area contributed by atoms with Gasteiger partial charge in [0.1, 0.15) is 0 Å². The van der Waals surface area contributed by atoms with E-state index >= 15 is 0 Å². The van der Waals surface area contributed by atoms with Crippen LogP contribution in [-0.2, 0) is 6.42 Å². The van der Waals surface area contributed by atoms with E-state index in [4.69, 9.17) is 0 Å². The molecule has 0 atom stereocenters. The first kappa shape index (κ1) is 13.2. The Morgan fingerprint density at radius 2 is 1.75 bits per heavy atom. The van der Waals surface area contributed by atoms with Crippen LogP contribution in [-0.4, -0.2) is 15.8 Å². The average Bonchev–Trinajstić information content (AvgIpc) is 2.49. The second kappa shape index (κ2) is 5.66. The molecule has 4 heteroatoms. The number of para-hydroxylation sites is 1. The standard InChI is InChI=1S/C16H11IN2O/c17-12-6-4-11(5-7-12)10-15(20)13-2-1-3-14-16(13)19-9-8-18-14/h1-9H,10H2. The highest BCUT2D eigenvalue weighted by Gasteiger charge is 2.12. The molecule has 0 aliphatic heterocycles. The van der Waals surface area contributed by atoms with Gasteiger partial charge in [0.05, 0.1) is 11.0 Å². The summed E-state index contributed by atoms with van der Waals surface area (Å²) in [6.45, 7) is 0. The van der Waals surface area contributed by atoms with Crippen molar-refractivity contribution in [2.24, 2.45) is 0 Å². The van der Waals surface area contributed by atoms with Gasteiger partial charge >= 0.3 is 0 Å². The SMILES string of the molecule is O=C(Cc1ccc(I)cc1)c1cccc2nccnc12. The number of aromatic nitrogens is 2. The van der Waals surface area contributed by atoms with Crippen LogP contribution >= 0.6 is 22.6 Å². The monoisotopic (exact) mass is 374 g/mol. The van der Waals surface area contributed by atoms with Crippen LogP contribution < -0.4 is 0 Å². The Morgan fingerprint density at radius 1 is 1.00 bits per heavy atom. The van der Waals surface area contributed by atoms with Crippen molar-refractivity contribution >= 4 is 39.4 Å². The molecule has 3 nitrogen and oxygen atoms in total. The Labute approximate surface area is 130 Å². The number of benzene rings is 2. The number of hydrogen-bond acceptors (Lipinski definition) is 3. The van der Waals surface area contributed by atoms with Gasteiger partial charge in [0, 0.05) is 27.9 Å². The van der Waals surface area contributed by atoms with Crippen molar-refractivity contribution in [3.8, 4) is 0 Å². The maximum atomic E-state index is 12.4. The van der Waals surface area contributed by atoms with Crippen LogP contribution in [0, 0.1) is 3.57 Å². The number of fused-ring (bicyclic) bond motifs is 1. The lowest BCUT2D eigenvalue weighted by molar-refractivity contribution is 0.0994. The lowest BCUT2D eigenvalue weighted by Crippen LogP contribution is -2.05. The molecular formula is C16H11IN2O. The molecule has 3 rings (SSSR count). The summed E-state index contributed by atoms with van der Waals surface area (Å²) in [4.78, 5) is 20.9. The van der Waals surface area contributed by atoms with Crippen molar-refractivity contribution in [1.82, 2.24) is 9.97 Å². The first-order valence-corrected chi connectivity index (χ1v) is 7.29. The lowest BCUT2D eigenvalue weighted by atomic mass is 10.0. The minimum Gasteiger partial charge on any atom is -0.294 e. The quantitative estimate of drug-likeness (QED) is 0.519. The minimum atomic E-state index is 0.0670. The third-order valence-corrected chi connectivity index (χ3v) is 3.80. The van der Waals surface area contributed by atoms with Crippen molar-refractivity contribution in [2.75, 3.05) is 0 Å². The third-order valence-electron chi connectivity index (χ3n) is 3.08. The Morgan fingerprint density at radius 3 is 2.55 bits per heavy atom. The number of halogens is 1. The van der Waals surface area contributed by atoms with Crippen molar-refractivity contribution in [1.29, 1.82) is 0 Å². The summed E-state index contributed by atoms with van der Waals surface area (Å²) >= 11 is 2.25. The van der Waals surface area contributed by atoms with Gasteiger partial charge in [-0.15, -0.1) is 0 Å². The zero-order valence-electron chi connectivity index (χ0n) is 10.6.